The Kier molecular flexibility index (Phi) is 5.47. The number of ether oxygens (including phenoxy) is 1. The highest BCUT2D eigenvalue weighted by Crippen LogP contribution is 2.18. The van der Waals surface area contributed by atoms with Gasteiger partial charge >= 0.3 is 0 Å². The van der Waals surface area contributed by atoms with Crippen molar-refractivity contribution in [2.75, 3.05) is 19.0 Å². The van der Waals surface area contributed by atoms with Gasteiger partial charge in [-0.05, 0) is 11.5 Å². The van der Waals surface area contributed by atoms with E-state index in [1.54, 1.807) is 19.4 Å². The van der Waals surface area contributed by atoms with Crippen LogP contribution in [0.4, 0.5) is 5.69 Å². The molecule has 1 heterocycles. The molecule has 1 rings (SSSR count). The minimum absolute atomic E-state index is 0.139. The van der Waals surface area contributed by atoms with Gasteiger partial charge in [-0.3, -0.25) is 9.59 Å². The molecule has 0 radical (unpaired) electrons. The number of aromatic nitrogens is 1. The maximum atomic E-state index is 12.0. The number of rotatable bonds is 5. The van der Waals surface area contributed by atoms with Crippen LogP contribution in [0.15, 0.2) is 23.1 Å². The Morgan fingerprint density at radius 2 is 2.10 bits per heavy atom. The summed E-state index contributed by atoms with van der Waals surface area (Å²) in [5.74, 6) is -0.269. The molecule has 1 aromatic heterocycles. The summed E-state index contributed by atoms with van der Waals surface area (Å²) in [7, 11) is 1.57. The van der Waals surface area contributed by atoms with Crippen molar-refractivity contribution in [3.8, 4) is 0 Å². The van der Waals surface area contributed by atoms with E-state index in [0.29, 0.717) is 18.8 Å². The molecule has 0 fully saturated rings. The fraction of sp³-hybridized carbons (Fsp3) is 0.571. The number of nitrogens with zero attached hydrogens (tertiary/aromatic N) is 1. The smallest absolute Gasteiger partial charge is 0.250 e. The molecule has 0 aromatic carbocycles. The Hall–Kier alpha value is -1.66. The van der Waals surface area contributed by atoms with Crippen LogP contribution in [0.3, 0.4) is 0 Å². The first-order valence-corrected chi connectivity index (χ1v) is 6.51. The van der Waals surface area contributed by atoms with E-state index in [9.17, 15) is 9.59 Å². The van der Waals surface area contributed by atoms with Gasteiger partial charge in [-0.15, -0.1) is 0 Å². The molecule has 6 nitrogen and oxygen atoms in total. The van der Waals surface area contributed by atoms with Gasteiger partial charge in [-0.25, -0.2) is 0 Å². The SMILES string of the molecule is COCCn1cc(NC(=O)[C@@H](N)C(C)(C)C)ccc1=O. The molecule has 1 aromatic rings. The highest BCUT2D eigenvalue weighted by molar-refractivity contribution is 5.95. The number of amides is 1. The zero-order valence-electron chi connectivity index (χ0n) is 12.5. The first-order chi connectivity index (χ1) is 9.25. The molecule has 0 unspecified atom stereocenters. The number of nitrogens with two attached hydrogens (primary N) is 1. The topological polar surface area (TPSA) is 86.3 Å². The summed E-state index contributed by atoms with van der Waals surface area (Å²) in [6.07, 6.45) is 1.59. The molecular weight excluding hydrogens is 258 g/mol. The molecular formula is C14H23N3O3. The van der Waals surface area contributed by atoms with Crippen LogP contribution in [-0.2, 0) is 16.1 Å². The van der Waals surface area contributed by atoms with E-state index >= 15 is 0 Å². The monoisotopic (exact) mass is 281 g/mol. The van der Waals surface area contributed by atoms with Crippen LogP contribution in [0.2, 0.25) is 0 Å². The average molecular weight is 281 g/mol. The van der Waals surface area contributed by atoms with E-state index in [1.165, 1.54) is 10.6 Å². The van der Waals surface area contributed by atoms with Crippen molar-refractivity contribution in [3.63, 3.8) is 0 Å². The molecule has 0 saturated heterocycles. The fourth-order valence-electron chi connectivity index (χ4n) is 1.58. The summed E-state index contributed by atoms with van der Waals surface area (Å²) in [4.78, 5) is 23.6. The van der Waals surface area contributed by atoms with Gasteiger partial charge < -0.3 is 20.4 Å². The van der Waals surface area contributed by atoms with Gasteiger partial charge in [-0.1, -0.05) is 20.8 Å². The van der Waals surface area contributed by atoms with Crippen LogP contribution in [0.25, 0.3) is 0 Å². The van der Waals surface area contributed by atoms with Crippen molar-refractivity contribution in [1.29, 1.82) is 0 Å². The number of anilines is 1. The van der Waals surface area contributed by atoms with E-state index in [4.69, 9.17) is 10.5 Å². The lowest BCUT2D eigenvalue weighted by molar-refractivity contribution is -0.119. The zero-order chi connectivity index (χ0) is 15.3. The second kappa shape index (κ2) is 6.67. The van der Waals surface area contributed by atoms with Gasteiger partial charge in [0.2, 0.25) is 5.91 Å². The minimum Gasteiger partial charge on any atom is -0.383 e. The largest absolute Gasteiger partial charge is 0.383 e. The van der Waals surface area contributed by atoms with E-state index in [1.807, 2.05) is 20.8 Å². The van der Waals surface area contributed by atoms with Crippen molar-refractivity contribution in [3.05, 3.63) is 28.7 Å². The van der Waals surface area contributed by atoms with Crippen LogP contribution < -0.4 is 16.6 Å². The number of carbonyl (C=O) groups is 1. The van der Waals surface area contributed by atoms with E-state index in [2.05, 4.69) is 5.32 Å². The second-order valence-corrected chi connectivity index (χ2v) is 5.78. The summed E-state index contributed by atoms with van der Waals surface area (Å²) in [6.45, 7) is 6.56. The lowest BCUT2D eigenvalue weighted by atomic mass is 9.87. The van der Waals surface area contributed by atoms with Gasteiger partial charge in [0.25, 0.3) is 5.56 Å². The Morgan fingerprint density at radius 1 is 1.45 bits per heavy atom. The van der Waals surface area contributed by atoms with Crippen LogP contribution >= 0.6 is 0 Å². The van der Waals surface area contributed by atoms with Crippen LogP contribution in [-0.4, -0.2) is 30.2 Å². The molecule has 0 aliphatic carbocycles. The first kappa shape index (κ1) is 16.4. The standard InChI is InChI=1S/C14H23N3O3/c1-14(2,3)12(15)13(19)16-10-5-6-11(18)17(9-10)7-8-20-4/h5-6,9,12H,7-8,15H2,1-4H3,(H,16,19)/t12-/m1/s1. The maximum Gasteiger partial charge on any atom is 0.250 e. The minimum atomic E-state index is -0.623. The Balaban J connectivity index is 2.83. The van der Waals surface area contributed by atoms with Gasteiger partial charge in [0.1, 0.15) is 0 Å². The van der Waals surface area contributed by atoms with Crippen molar-refractivity contribution >= 4 is 11.6 Å². The molecule has 0 aliphatic rings. The lowest BCUT2D eigenvalue weighted by Crippen LogP contribution is -2.45. The third-order valence-electron chi connectivity index (χ3n) is 3.00. The molecule has 3 N–H and O–H groups in total. The summed E-state index contributed by atoms with van der Waals surface area (Å²) in [5, 5.41) is 2.73. The van der Waals surface area contributed by atoms with E-state index in [-0.39, 0.29) is 16.9 Å². The molecule has 1 amide bonds. The Morgan fingerprint density at radius 3 is 2.65 bits per heavy atom. The summed E-state index contributed by atoms with van der Waals surface area (Å²) in [5.41, 5.74) is 5.97. The molecule has 0 aliphatic heterocycles. The number of hydrogen-bond acceptors (Lipinski definition) is 4. The number of carbonyl (C=O) groups excluding carboxylic acids is 1. The molecule has 0 spiro atoms. The van der Waals surface area contributed by atoms with Crippen molar-refractivity contribution in [2.24, 2.45) is 11.1 Å². The van der Waals surface area contributed by atoms with Crippen LogP contribution in [0.1, 0.15) is 20.8 Å². The Bertz CT molecular complexity index is 517. The van der Waals surface area contributed by atoms with Crippen molar-refractivity contribution < 1.29 is 9.53 Å². The summed E-state index contributed by atoms with van der Waals surface area (Å²) >= 11 is 0. The van der Waals surface area contributed by atoms with Crippen molar-refractivity contribution in [2.45, 2.75) is 33.4 Å². The molecule has 0 bridgehead atoms. The second-order valence-electron chi connectivity index (χ2n) is 5.78. The van der Waals surface area contributed by atoms with Crippen LogP contribution in [0.5, 0.6) is 0 Å². The third-order valence-corrected chi connectivity index (χ3v) is 3.00. The number of pyridine rings is 1. The highest BCUT2D eigenvalue weighted by atomic mass is 16.5. The number of hydrogen-bond donors (Lipinski definition) is 2. The maximum absolute atomic E-state index is 12.0. The van der Waals surface area contributed by atoms with Crippen molar-refractivity contribution in [1.82, 2.24) is 4.57 Å². The van der Waals surface area contributed by atoms with E-state index in [0.717, 1.165) is 0 Å². The predicted octanol–water partition coefficient (Wildman–Crippen LogP) is 0.807. The summed E-state index contributed by atoms with van der Waals surface area (Å²) in [6, 6.07) is 2.36. The first-order valence-electron chi connectivity index (χ1n) is 6.51. The molecule has 112 valence electrons. The molecule has 20 heavy (non-hydrogen) atoms. The predicted molar refractivity (Wildman–Crippen MR) is 78.6 cm³/mol. The quantitative estimate of drug-likeness (QED) is 0.836. The van der Waals surface area contributed by atoms with Gasteiger partial charge in [-0.2, -0.15) is 0 Å². The van der Waals surface area contributed by atoms with Gasteiger partial charge in [0, 0.05) is 25.9 Å². The zero-order valence-corrected chi connectivity index (χ0v) is 12.5. The third kappa shape index (κ3) is 4.47. The number of nitrogens with one attached hydrogen (secondary N) is 1. The van der Waals surface area contributed by atoms with Crippen LogP contribution in [0, 0.1) is 5.41 Å². The highest BCUT2D eigenvalue weighted by Gasteiger charge is 2.27. The molecule has 0 saturated carbocycles. The molecule has 1 atom stereocenters. The normalized spacial score (nSPS) is 13.1. The average Bonchev–Trinajstić information content (AvgIpc) is 2.37. The molecule has 6 heteroatoms. The Labute approximate surface area is 118 Å². The summed E-state index contributed by atoms with van der Waals surface area (Å²) < 4.78 is 6.43. The van der Waals surface area contributed by atoms with Gasteiger partial charge in [0.05, 0.1) is 18.3 Å². The fourth-order valence-corrected chi connectivity index (χ4v) is 1.58. The van der Waals surface area contributed by atoms with Gasteiger partial charge in [0.15, 0.2) is 0 Å². The van der Waals surface area contributed by atoms with E-state index < -0.39 is 6.04 Å². The number of methoxy groups -OCH3 is 1. The lowest BCUT2D eigenvalue weighted by Gasteiger charge is -2.25.